The summed E-state index contributed by atoms with van der Waals surface area (Å²) < 4.78 is 0. The summed E-state index contributed by atoms with van der Waals surface area (Å²) in [5.74, 6) is 0.970. The van der Waals surface area contributed by atoms with Gasteiger partial charge in [0.15, 0.2) is 0 Å². The molecule has 0 amide bonds. The van der Waals surface area contributed by atoms with Crippen LogP contribution in [0.25, 0.3) is 11.1 Å². The van der Waals surface area contributed by atoms with Crippen molar-refractivity contribution in [3.05, 3.63) is 81.9 Å². The van der Waals surface area contributed by atoms with Crippen molar-refractivity contribution in [1.29, 1.82) is 0 Å². The molecule has 1 aliphatic heterocycles. The van der Waals surface area contributed by atoms with E-state index in [4.69, 9.17) is 16.6 Å². The van der Waals surface area contributed by atoms with Crippen LogP contribution in [0.5, 0.6) is 0 Å². The summed E-state index contributed by atoms with van der Waals surface area (Å²) >= 11 is 6.65. The molecule has 0 bridgehead atoms. The maximum absolute atomic E-state index is 6.65. The number of nitrogens with one attached hydrogen (secondary N) is 2. The zero-order valence-electron chi connectivity index (χ0n) is 32.4. The van der Waals surface area contributed by atoms with Gasteiger partial charge in [-0.3, -0.25) is 4.99 Å². The molecule has 1 aliphatic rings. The van der Waals surface area contributed by atoms with Gasteiger partial charge in [0.2, 0.25) is 0 Å². The fourth-order valence-corrected chi connectivity index (χ4v) is 6.65. The Morgan fingerprint density at radius 3 is 2.38 bits per heavy atom. The first kappa shape index (κ1) is 41.4. The molecule has 274 valence electrons. The van der Waals surface area contributed by atoms with Crippen LogP contribution in [0, 0.1) is 19.8 Å². The summed E-state index contributed by atoms with van der Waals surface area (Å²) in [6, 6.07) is 19.9. The maximum atomic E-state index is 6.65. The van der Waals surface area contributed by atoms with Crippen molar-refractivity contribution in [2.75, 3.05) is 58.7 Å². The van der Waals surface area contributed by atoms with Gasteiger partial charge >= 0.3 is 0 Å². The van der Waals surface area contributed by atoms with Crippen LogP contribution in [0.2, 0.25) is 5.02 Å². The number of benzene rings is 3. The number of likely N-dealkylation sites (tertiary alicyclic amines) is 1. The predicted molar refractivity (Wildman–Crippen MR) is 221 cm³/mol. The quantitative estimate of drug-likeness (QED) is 0.0836. The molecule has 0 spiro atoms. The SMILES string of the molecule is CC.CC=NCC(C)C(=Nc1c(C)cccc1Cl)Nc1cc(CCCN2CCCCC2)c(-c2ccc(CNCCCCN(C)C)cc2)cc1C. The Balaban J connectivity index is 0.00000332. The third kappa shape index (κ3) is 13.6. The van der Waals surface area contributed by atoms with Crippen molar-refractivity contribution in [2.45, 2.75) is 93.0 Å². The van der Waals surface area contributed by atoms with E-state index in [9.17, 15) is 0 Å². The number of aliphatic imine (C=N–C) groups is 2. The Morgan fingerprint density at radius 1 is 0.960 bits per heavy atom. The second-order valence-electron chi connectivity index (χ2n) is 13.8. The van der Waals surface area contributed by atoms with E-state index in [0.29, 0.717) is 11.6 Å². The van der Waals surface area contributed by atoms with Gasteiger partial charge in [-0.2, -0.15) is 0 Å². The largest absolute Gasteiger partial charge is 0.343 e. The number of para-hydroxylation sites is 1. The monoisotopic (exact) mass is 700 g/mol. The lowest BCUT2D eigenvalue weighted by Gasteiger charge is -2.26. The molecule has 1 atom stereocenters. The second-order valence-corrected chi connectivity index (χ2v) is 14.2. The van der Waals surface area contributed by atoms with Crippen molar-refractivity contribution in [2.24, 2.45) is 15.9 Å². The van der Waals surface area contributed by atoms with Crippen LogP contribution >= 0.6 is 11.6 Å². The first-order chi connectivity index (χ1) is 24.2. The van der Waals surface area contributed by atoms with Crippen LogP contribution in [0.3, 0.4) is 0 Å². The molecular weight excluding hydrogens is 636 g/mol. The lowest BCUT2D eigenvalue weighted by Crippen LogP contribution is -2.30. The highest BCUT2D eigenvalue weighted by molar-refractivity contribution is 6.33. The molecule has 3 aromatic rings. The predicted octanol–water partition coefficient (Wildman–Crippen LogP) is 10.4. The Labute approximate surface area is 309 Å². The molecule has 0 radical (unpaired) electrons. The number of rotatable bonds is 17. The van der Waals surface area contributed by atoms with Crippen LogP contribution in [0.4, 0.5) is 11.4 Å². The molecule has 3 aromatic carbocycles. The van der Waals surface area contributed by atoms with E-state index in [-0.39, 0.29) is 5.92 Å². The number of piperidine rings is 1. The topological polar surface area (TPSA) is 55.3 Å². The highest BCUT2D eigenvalue weighted by atomic mass is 35.5. The molecular formula is C43H65ClN6. The Bertz CT molecular complexity index is 1450. The summed E-state index contributed by atoms with van der Waals surface area (Å²) in [6.07, 6.45) is 10.5. The lowest BCUT2D eigenvalue weighted by atomic mass is 9.93. The van der Waals surface area contributed by atoms with Gasteiger partial charge in [-0.25, -0.2) is 4.99 Å². The maximum Gasteiger partial charge on any atom is 0.111 e. The van der Waals surface area contributed by atoms with Gasteiger partial charge in [0.1, 0.15) is 5.84 Å². The lowest BCUT2D eigenvalue weighted by molar-refractivity contribution is 0.226. The van der Waals surface area contributed by atoms with Gasteiger partial charge in [0.25, 0.3) is 0 Å². The average Bonchev–Trinajstić information content (AvgIpc) is 3.12. The van der Waals surface area contributed by atoms with E-state index in [1.54, 1.807) is 0 Å². The van der Waals surface area contributed by atoms with Crippen molar-refractivity contribution in [1.82, 2.24) is 15.1 Å². The minimum Gasteiger partial charge on any atom is -0.343 e. The van der Waals surface area contributed by atoms with Crippen LogP contribution in [-0.4, -0.2) is 75.2 Å². The van der Waals surface area contributed by atoms with Gasteiger partial charge in [0.05, 0.1) is 10.7 Å². The van der Waals surface area contributed by atoms with Crippen molar-refractivity contribution in [3.63, 3.8) is 0 Å². The zero-order chi connectivity index (χ0) is 36.3. The summed E-state index contributed by atoms with van der Waals surface area (Å²) in [7, 11) is 4.28. The first-order valence-corrected chi connectivity index (χ1v) is 19.5. The third-order valence-corrected chi connectivity index (χ3v) is 9.64. The van der Waals surface area contributed by atoms with Crippen molar-refractivity contribution in [3.8, 4) is 11.1 Å². The molecule has 4 rings (SSSR count). The van der Waals surface area contributed by atoms with Crippen LogP contribution < -0.4 is 10.6 Å². The number of amidine groups is 1. The summed E-state index contributed by atoms with van der Waals surface area (Å²) in [5, 5.41) is 8.05. The van der Waals surface area contributed by atoms with Gasteiger partial charge < -0.3 is 20.4 Å². The molecule has 1 fully saturated rings. The van der Waals surface area contributed by atoms with E-state index in [0.717, 1.165) is 61.8 Å². The normalized spacial score (nSPS) is 14.6. The van der Waals surface area contributed by atoms with E-state index in [1.807, 2.05) is 39.1 Å². The summed E-state index contributed by atoms with van der Waals surface area (Å²) in [6.45, 7) is 19.8. The van der Waals surface area contributed by atoms with Gasteiger partial charge in [0, 0.05) is 24.7 Å². The highest BCUT2D eigenvalue weighted by Gasteiger charge is 2.17. The molecule has 0 aromatic heterocycles. The third-order valence-electron chi connectivity index (χ3n) is 9.33. The minimum atomic E-state index is 0.0904. The number of nitrogens with zero attached hydrogens (tertiary/aromatic N) is 4. The molecule has 0 saturated carbocycles. The molecule has 1 saturated heterocycles. The smallest absolute Gasteiger partial charge is 0.111 e. The molecule has 2 N–H and O–H groups in total. The van der Waals surface area contributed by atoms with E-state index >= 15 is 0 Å². The fraction of sp³-hybridized carbons (Fsp3) is 0.535. The van der Waals surface area contributed by atoms with Gasteiger partial charge in [-0.1, -0.05) is 75.2 Å². The van der Waals surface area contributed by atoms with Gasteiger partial charge in [-0.15, -0.1) is 0 Å². The Morgan fingerprint density at radius 2 is 1.70 bits per heavy atom. The number of unbranched alkanes of at least 4 members (excludes halogenated alkanes) is 1. The summed E-state index contributed by atoms with van der Waals surface area (Å²) in [5.41, 5.74) is 9.46. The van der Waals surface area contributed by atoms with Crippen molar-refractivity contribution < 1.29 is 0 Å². The first-order valence-electron chi connectivity index (χ1n) is 19.1. The summed E-state index contributed by atoms with van der Waals surface area (Å²) in [4.78, 5) is 14.6. The van der Waals surface area contributed by atoms with Gasteiger partial charge in [-0.05, 0) is 164 Å². The van der Waals surface area contributed by atoms with Crippen molar-refractivity contribution >= 4 is 35.0 Å². The Hall–Kier alpha value is -3.03. The number of hydrogen-bond donors (Lipinski definition) is 2. The van der Waals surface area contributed by atoms with Crippen LogP contribution in [-0.2, 0) is 13.0 Å². The highest BCUT2D eigenvalue weighted by Crippen LogP contribution is 2.33. The minimum absolute atomic E-state index is 0.0904. The second kappa shape index (κ2) is 22.7. The fourth-order valence-electron chi connectivity index (χ4n) is 6.39. The van der Waals surface area contributed by atoms with Crippen LogP contribution in [0.1, 0.15) is 88.5 Å². The Kier molecular flexibility index (Phi) is 18.8. The number of anilines is 1. The standard InChI is InChI=1S/C41H59ClN6.C2H6/c1-7-43-29-33(4)41(46-40-31(2)15-13-17-38(40)42)45-39-28-36(16-14-26-48-24-10-8-11-25-48)37(27-32(39)3)35-20-18-34(19-21-35)30-44-22-9-12-23-47(5)6;1-2/h7,13,15,17-21,27-28,33,44H,8-12,14,16,22-26,29-30H2,1-6H3,(H,45,46);1-2H3. The van der Waals surface area contributed by atoms with E-state index in [1.165, 1.54) is 73.0 Å². The molecule has 6 nitrogen and oxygen atoms in total. The number of halogens is 1. The average molecular weight is 701 g/mol. The molecule has 50 heavy (non-hydrogen) atoms. The van der Waals surface area contributed by atoms with E-state index in [2.05, 4.69) is 103 Å². The van der Waals surface area contributed by atoms with E-state index < -0.39 is 0 Å². The molecule has 1 heterocycles. The molecule has 7 heteroatoms. The molecule has 1 unspecified atom stereocenters. The number of aryl methyl sites for hydroxylation is 3. The molecule has 0 aliphatic carbocycles. The zero-order valence-corrected chi connectivity index (χ0v) is 33.2. The van der Waals surface area contributed by atoms with Crippen LogP contribution in [0.15, 0.2) is 64.6 Å². The number of hydrogen-bond acceptors (Lipinski definition) is 5.